The van der Waals surface area contributed by atoms with Crippen molar-refractivity contribution in [2.24, 2.45) is 0 Å². The van der Waals surface area contributed by atoms with Crippen molar-refractivity contribution < 1.29 is 14.8 Å². The number of nitrogens with zero attached hydrogens (tertiary/aromatic N) is 3. The maximum absolute atomic E-state index is 12.4. The van der Waals surface area contributed by atoms with Gasteiger partial charge in [0.05, 0.1) is 11.5 Å². The minimum Gasteiger partial charge on any atom is -0.384 e. The molecule has 23 heavy (non-hydrogen) atoms. The topological polar surface area (TPSA) is 110 Å². The van der Waals surface area contributed by atoms with Gasteiger partial charge in [-0.1, -0.05) is 0 Å². The Morgan fingerprint density at radius 3 is 2.74 bits per heavy atom. The maximum Gasteiger partial charge on any atom is 0.307 e. The number of hydrogen-bond acceptors (Lipinski definition) is 6. The molecule has 0 aromatic carbocycles. The summed E-state index contributed by atoms with van der Waals surface area (Å²) in [6.45, 7) is 4.83. The Hall–Kier alpha value is -2.26. The second-order valence-electron chi connectivity index (χ2n) is 5.93. The summed E-state index contributed by atoms with van der Waals surface area (Å²) >= 11 is 1.46. The van der Waals surface area contributed by atoms with Crippen LogP contribution in [-0.2, 0) is 15.9 Å². The van der Waals surface area contributed by atoms with Gasteiger partial charge >= 0.3 is 5.69 Å². The van der Waals surface area contributed by atoms with E-state index in [0.29, 0.717) is 0 Å². The van der Waals surface area contributed by atoms with Crippen molar-refractivity contribution in [2.75, 3.05) is 6.54 Å². The van der Waals surface area contributed by atoms with Crippen LogP contribution < -0.4 is 5.32 Å². The van der Waals surface area contributed by atoms with Gasteiger partial charge in [-0.25, -0.2) is 0 Å². The van der Waals surface area contributed by atoms with Gasteiger partial charge in [0, 0.05) is 0 Å². The number of amides is 1. The van der Waals surface area contributed by atoms with Crippen LogP contribution in [-0.4, -0.2) is 32.3 Å². The van der Waals surface area contributed by atoms with E-state index in [1.807, 2.05) is 10.8 Å². The van der Waals surface area contributed by atoms with Crippen LogP contribution in [0.4, 0.5) is 5.69 Å². The molecule has 0 saturated heterocycles. The van der Waals surface area contributed by atoms with Gasteiger partial charge in [0.2, 0.25) is 5.91 Å². The second-order valence-corrected chi connectivity index (χ2v) is 6.71. The highest BCUT2D eigenvalue weighted by Gasteiger charge is 2.34. The van der Waals surface area contributed by atoms with Crippen molar-refractivity contribution in [3.05, 3.63) is 44.9 Å². The number of nitrogens with one attached hydrogen (secondary N) is 1. The first-order chi connectivity index (χ1) is 10.6. The number of carbonyl (C=O) groups excluding carboxylic acids is 1. The Bertz CT molecular complexity index is 706. The highest BCUT2D eigenvalue weighted by Crippen LogP contribution is 2.23. The number of thiophene rings is 1. The van der Waals surface area contributed by atoms with E-state index in [1.165, 1.54) is 22.2 Å². The average molecular weight is 338 g/mol. The molecule has 1 amide bonds. The van der Waals surface area contributed by atoms with Crippen molar-refractivity contribution in [3.63, 3.8) is 0 Å². The van der Waals surface area contributed by atoms with Crippen molar-refractivity contribution in [1.82, 2.24) is 15.1 Å². The molecular formula is C14H18N4O4S. The number of hydrogen-bond donors (Lipinski definition) is 2. The van der Waals surface area contributed by atoms with Crippen molar-refractivity contribution in [3.8, 4) is 0 Å². The fraction of sp³-hybridized carbons (Fsp3) is 0.429. The van der Waals surface area contributed by atoms with E-state index in [2.05, 4.69) is 10.4 Å². The van der Waals surface area contributed by atoms with E-state index in [-0.39, 0.29) is 12.2 Å². The zero-order valence-electron chi connectivity index (χ0n) is 13.0. The first kappa shape index (κ1) is 17.1. The van der Waals surface area contributed by atoms with E-state index in [1.54, 1.807) is 26.8 Å². The lowest BCUT2D eigenvalue weighted by molar-refractivity contribution is -0.385. The third kappa shape index (κ3) is 3.57. The van der Waals surface area contributed by atoms with E-state index in [9.17, 15) is 20.0 Å². The van der Waals surface area contributed by atoms with E-state index < -0.39 is 22.0 Å². The van der Waals surface area contributed by atoms with Gasteiger partial charge in [-0.05, 0) is 43.2 Å². The lowest BCUT2D eigenvalue weighted by Gasteiger charge is -2.28. The number of carbonyl (C=O) groups is 1. The van der Waals surface area contributed by atoms with Crippen LogP contribution in [0.25, 0.3) is 0 Å². The molecule has 8 nitrogen and oxygen atoms in total. The Kier molecular flexibility index (Phi) is 4.53. The molecule has 0 bridgehead atoms. The van der Waals surface area contributed by atoms with Gasteiger partial charge in [0.15, 0.2) is 0 Å². The van der Waals surface area contributed by atoms with Gasteiger partial charge in [-0.15, -0.1) is 0 Å². The molecule has 0 spiro atoms. The first-order valence-corrected chi connectivity index (χ1v) is 7.82. The molecule has 0 saturated carbocycles. The van der Waals surface area contributed by atoms with Crippen LogP contribution in [0, 0.1) is 10.1 Å². The number of rotatable bonds is 6. The molecule has 1 atom stereocenters. The summed E-state index contributed by atoms with van der Waals surface area (Å²) in [6.07, 6.45) is 2.30. The highest BCUT2D eigenvalue weighted by atomic mass is 32.1. The fourth-order valence-corrected chi connectivity index (χ4v) is 2.74. The molecule has 0 radical (unpaired) electrons. The summed E-state index contributed by atoms with van der Waals surface area (Å²) in [7, 11) is 0. The largest absolute Gasteiger partial charge is 0.384 e. The van der Waals surface area contributed by atoms with Crippen LogP contribution >= 0.6 is 11.3 Å². The van der Waals surface area contributed by atoms with Gasteiger partial charge < -0.3 is 10.4 Å². The molecule has 0 aliphatic carbocycles. The van der Waals surface area contributed by atoms with Crippen LogP contribution in [0.15, 0.2) is 29.2 Å². The average Bonchev–Trinajstić information content (AvgIpc) is 3.15. The van der Waals surface area contributed by atoms with E-state index in [0.717, 1.165) is 11.8 Å². The molecule has 9 heteroatoms. The first-order valence-electron chi connectivity index (χ1n) is 6.87. The molecule has 2 heterocycles. The van der Waals surface area contributed by atoms with Gasteiger partial charge in [-0.3, -0.25) is 19.6 Å². The van der Waals surface area contributed by atoms with Crippen LogP contribution in [0.2, 0.25) is 0 Å². The van der Waals surface area contributed by atoms with Crippen LogP contribution in [0.5, 0.6) is 0 Å². The minimum atomic E-state index is -1.19. The number of aliphatic hydroxyl groups is 1. The Balaban J connectivity index is 2.08. The van der Waals surface area contributed by atoms with Crippen molar-refractivity contribution in [1.29, 1.82) is 0 Å². The smallest absolute Gasteiger partial charge is 0.307 e. The highest BCUT2D eigenvalue weighted by molar-refractivity contribution is 7.08. The molecule has 2 aromatic rings. The second kappa shape index (κ2) is 6.09. The fourth-order valence-electron chi connectivity index (χ4n) is 1.96. The molecule has 2 aromatic heterocycles. The minimum absolute atomic E-state index is 0.0232. The summed E-state index contributed by atoms with van der Waals surface area (Å²) in [5.41, 5.74) is -1.78. The quantitative estimate of drug-likeness (QED) is 0.614. The molecule has 0 unspecified atom stereocenters. The molecular weight excluding hydrogens is 320 g/mol. The number of aromatic nitrogens is 2. The predicted molar refractivity (Wildman–Crippen MR) is 85.1 cm³/mol. The third-order valence-electron chi connectivity index (χ3n) is 3.64. The predicted octanol–water partition coefficient (Wildman–Crippen LogP) is 1.61. The zero-order chi connectivity index (χ0) is 17.3. The molecule has 2 N–H and O–H groups in total. The van der Waals surface area contributed by atoms with E-state index in [4.69, 9.17) is 0 Å². The molecule has 0 aliphatic rings. The summed E-state index contributed by atoms with van der Waals surface area (Å²) in [6, 6.07) is 1.79. The summed E-state index contributed by atoms with van der Waals surface area (Å²) < 4.78 is 1.24. The third-order valence-corrected chi connectivity index (χ3v) is 4.33. The van der Waals surface area contributed by atoms with Gasteiger partial charge in [0.25, 0.3) is 0 Å². The Labute approximate surface area is 136 Å². The molecule has 2 rings (SSSR count). The van der Waals surface area contributed by atoms with Crippen LogP contribution in [0.1, 0.15) is 26.3 Å². The SMILES string of the molecule is CC(C)(C(=O)NC[C@](C)(O)c1ccsc1)n1cc([N+](=O)[O-])cn1. The molecule has 124 valence electrons. The van der Waals surface area contributed by atoms with Gasteiger partial charge in [-0.2, -0.15) is 16.4 Å². The molecule has 0 fully saturated rings. The Morgan fingerprint density at radius 1 is 1.52 bits per heavy atom. The van der Waals surface area contributed by atoms with Crippen molar-refractivity contribution in [2.45, 2.75) is 31.9 Å². The zero-order valence-corrected chi connectivity index (χ0v) is 13.8. The van der Waals surface area contributed by atoms with Gasteiger partial charge in [0.1, 0.15) is 23.5 Å². The standard InChI is InChI=1S/C14H18N4O4S/c1-13(2,17-7-11(6-16-17)18(21)22)12(19)15-9-14(3,20)10-4-5-23-8-10/h4-8,20H,9H2,1-3H3,(H,15,19)/t14-/m0/s1. The monoisotopic (exact) mass is 338 g/mol. The van der Waals surface area contributed by atoms with E-state index >= 15 is 0 Å². The summed E-state index contributed by atoms with van der Waals surface area (Å²) in [5.74, 6) is -0.397. The summed E-state index contributed by atoms with van der Waals surface area (Å²) in [4.78, 5) is 22.6. The lowest BCUT2D eigenvalue weighted by atomic mass is 9.98. The lowest BCUT2D eigenvalue weighted by Crippen LogP contribution is -2.48. The summed E-state index contributed by atoms with van der Waals surface area (Å²) in [5, 5.41) is 31.3. The maximum atomic E-state index is 12.4. The normalized spacial score (nSPS) is 14.3. The Morgan fingerprint density at radius 2 is 2.22 bits per heavy atom. The van der Waals surface area contributed by atoms with Crippen molar-refractivity contribution >= 4 is 22.9 Å². The molecule has 0 aliphatic heterocycles. The number of nitro groups is 1. The van der Waals surface area contributed by atoms with Crippen LogP contribution in [0.3, 0.4) is 0 Å².